The van der Waals surface area contributed by atoms with Crippen molar-refractivity contribution in [2.75, 3.05) is 5.32 Å². The van der Waals surface area contributed by atoms with Crippen molar-refractivity contribution in [1.29, 1.82) is 0 Å². The molecule has 1 aromatic heterocycles. The number of halogens is 1. The lowest BCUT2D eigenvalue weighted by atomic mass is 10.0. The van der Waals surface area contributed by atoms with Crippen LogP contribution in [0.25, 0.3) is 11.1 Å². The molecule has 4 nitrogen and oxygen atoms in total. The molecule has 0 saturated carbocycles. The van der Waals surface area contributed by atoms with Gasteiger partial charge in [0.1, 0.15) is 4.88 Å². The number of anilines is 1. The van der Waals surface area contributed by atoms with Crippen LogP contribution >= 0.6 is 22.9 Å². The minimum Gasteiger partial charge on any atom is -0.448 e. The molecule has 1 atom stereocenters. The van der Waals surface area contributed by atoms with Gasteiger partial charge in [0.25, 0.3) is 5.91 Å². The number of ether oxygens (including phenoxy) is 1. The number of thiophene rings is 1. The summed E-state index contributed by atoms with van der Waals surface area (Å²) in [5.74, 6) is -0.967. The molecule has 0 spiro atoms. The molecule has 6 heteroatoms. The van der Waals surface area contributed by atoms with Crippen molar-refractivity contribution in [2.45, 2.75) is 13.0 Å². The summed E-state index contributed by atoms with van der Waals surface area (Å²) in [7, 11) is 0. The van der Waals surface area contributed by atoms with Crippen LogP contribution in [0.3, 0.4) is 0 Å². The third kappa shape index (κ3) is 4.31. The topological polar surface area (TPSA) is 55.4 Å². The highest BCUT2D eigenvalue weighted by Gasteiger charge is 2.21. The van der Waals surface area contributed by atoms with E-state index in [1.807, 2.05) is 54.6 Å². The Labute approximate surface area is 160 Å². The van der Waals surface area contributed by atoms with Gasteiger partial charge in [0.2, 0.25) is 0 Å². The highest BCUT2D eigenvalue weighted by atomic mass is 35.5. The summed E-state index contributed by atoms with van der Waals surface area (Å²) in [6, 6.07) is 20.4. The van der Waals surface area contributed by atoms with Gasteiger partial charge in [-0.3, -0.25) is 4.79 Å². The summed E-state index contributed by atoms with van der Waals surface area (Å²) < 4.78 is 5.72. The van der Waals surface area contributed by atoms with Crippen molar-refractivity contribution in [1.82, 2.24) is 0 Å². The van der Waals surface area contributed by atoms with Crippen LogP contribution in [0.2, 0.25) is 4.34 Å². The van der Waals surface area contributed by atoms with E-state index in [0.717, 1.165) is 22.5 Å². The fourth-order valence-electron chi connectivity index (χ4n) is 2.39. The molecule has 0 unspecified atom stereocenters. The number of benzene rings is 2. The monoisotopic (exact) mass is 385 g/mol. The standard InChI is InChI=1S/C20H16ClNO3S/c1-13(25-20(24)17-11-12-18(21)26-17)19(23)22-16-10-6-5-9-15(16)14-7-3-2-4-8-14/h2-13H,1H3,(H,22,23)/t13-/m0/s1. The molecule has 132 valence electrons. The third-order valence-corrected chi connectivity index (χ3v) is 4.91. The van der Waals surface area contributed by atoms with Crippen LogP contribution in [0.1, 0.15) is 16.6 Å². The van der Waals surface area contributed by atoms with E-state index in [-0.39, 0.29) is 0 Å². The SMILES string of the molecule is C[C@H](OC(=O)c1ccc(Cl)s1)C(=O)Nc1ccccc1-c1ccccc1. The highest BCUT2D eigenvalue weighted by molar-refractivity contribution is 7.17. The Bertz CT molecular complexity index is 924. The molecule has 0 radical (unpaired) electrons. The number of amides is 1. The molecule has 3 rings (SSSR count). The summed E-state index contributed by atoms with van der Waals surface area (Å²) in [6.45, 7) is 1.54. The lowest BCUT2D eigenvalue weighted by Crippen LogP contribution is -2.30. The summed E-state index contributed by atoms with van der Waals surface area (Å²) in [5, 5.41) is 2.83. The Morgan fingerprint density at radius 2 is 1.69 bits per heavy atom. The third-order valence-electron chi connectivity index (χ3n) is 3.70. The van der Waals surface area contributed by atoms with Crippen LogP contribution in [0.15, 0.2) is 66.7 Å². The molecular formula is C20H16ClNO3S. The molecule has 0 aliphatic carbocycles. The summed E-state index contributed by atoms with van der Waals surface area (Å²) in [5.41, 5.74) is 2.54. The van der Waals surface area contributed by atoms with Gasteiger partial charge in [0.05, 0.1) is 4.34 Å². The fourth-order valence-corrected chi connectivity index (χ4v) is 3.32. The molecule has 0 bridgehead atoms. The van der Waals surface area contributed by atoms with Crippen LogP contribution in [-0.2, 0) is 9.53 Å². The number of hydrogen-bond donors (Lipinski definition) is 1. The Kier molecular flexibility index (Phi) is 5.71. The number of carbonyl (C=O) groups excluding carboxylic acids is 2. The van der Waals surface area contributed by atoms with Crippen molar-refractivity contribution >= 4 is 40.5 Å². The molecule has 3 aromatic rings. The predicted molar refractivity (Wildman–Crippen MR) is 105 cm³/mol. The van der Waals surface area contributed by atoms with Crippen molar-refractivity contribution in [2.24, 2.45) is 0 Å². The van der Waals surface area contributed by atoms with E-state index in [1.54, 1.807) is 12.1 Å². The minimum absolute atomic E-state index is 0.360. The summed E-state index contributed by atoms with van der Waals surface area (Å²) in [4.78, 5) is 24.9. The predicted octanol–water partition coefficient (Wildman–Crippen LogP) is 5.25. The van der Waals surface area contributed by atoms with Crippen LogP contribution in [0, 0.1) is 0 Å². The maximum absolute atomic E-state index is 12.5. The van der Waals surface area contributed by atoms with Gasteiger partial charge in [-0.2, -0.15) is 0 Å². The summed E-state index contributed by atoms with van der Waals surface area (Å²) in [6.07, 6.45) is -0.938. The van der Waals surface area contributed by atoms with E-state index >= 15 is 0 Å². The first-order valence-corrected chi connectivity index (χ1v) is 9.15. The quantitative estimate of drug-likeness (QED) is 0.610. The molecule has 1 heterocycles. The molecule has 1 amide bonds. The van der Waals surface area contributed by atoms with Crippen LogP contribution in [-0.4, -0.2) is 18.0 Å². The Balaban J connectivity index is 1.71. The maximum Gasteiger partial charge on any atom is 0.349 e. The van der Waals surface area contributed by atoms with Gasteiger partial charge >= 0.3 is 5.97 Å². The van der Waals surface area contributed by atoms with Crippen molar-refractivity contribution in [3.63, 3.8) is 0 Å². The second-order valence-corrected chi connectivity index (χ2v) is 7.27. The molecule has 2 aromatic carbocycles. The lowest BCUT2D eigenvalue weighted by Gasteiger charge is -2.15. The van der Waals surface area contributed by atoms with E-state index in [9.17, 15) is 9.59 Å². The summed E-state index contributed by atoms with van der Waals surface area (Å²) >= 11 is 6.93. The first-order valence-electron chi connectivity index (χ1n) is 7.96. The second kappa shape index (κ2) is 8.17. The van der Waals surface area contributed by atoms with E-state index in [2.05, 4.69) is 5.32 Å². The number of rotatable bonds is 5. The van der Waals surface area contributed by atoms with Gasteiger partial charge in [-0.05, 0) is 30.7 Å². The normalized spacial score (nSPS) is 11.6. The smallest absolute Gasteiger partial charge is 0.349 e. The van der Waals surface area contributed by atoms with Gasteiger partial charge in [-0.1, -0.05) is 60.1 Å². The van der Waals surface area contributed by atoms with Gasteiger partial charge in [0.15, 0.2) is 6.10 Å². The number of esters is 1. The van der Waals surface area contributed by atoms with E-state index in [4.69, 9.17) is 16.3 Å². The van der Waals surface area contributed by atoms with Gasteiger partial charge < -0.3 is 10.1 Å². The molecule has 0 saturated heterocycles. The molecule has 0 aliphatic heterocycles. The molecular weight excluding hydrogens is 370 g/mol. The van der Waals surface area contributed by atoms with Crippen molar-refractivity contribution in [3.8, 4) is 11.1 Å². The number of carbonyl (C=O) groups is 2. The number of hydrogen-bond acceptors (Lipinski definition) is 4. The molecule has 26 heavy (non-hydrogen) atoms. The Morgan fingerprint density at radius 1 is 1.00 bits per heavy atom. The zero-order valence-electron chi connectivity index (χ0n) is 13.9. The first kappa shape index (κ1) is 18.2. The van der Waals surface area contributed by atoms with Crippen LogP contribution in [0.5, 0.6) is 0 Å². The zero-order chi connectivity index (χ0) is 18.5. The average Bonchev–Trinajstić information content (AvgIpc) is 3.09. The molecule has 0 aliphatic rings. The van der Waals surface area contributed by atoms with Gasteiger partial charge in [-0.25, -0.2) is 4.79 Å². The number of nitrogens with one attached hydrogen (secondary N) is 1. The Hall–Kier alpha value is -2.63. The van der Waals surface area contributed by atoms with Crippen LogP contribution in [0.4, 0.5) is 5.69 Å². The second-order valence-electron chi connectivity index (χ2n) is 5.55. The fraction of sp³-hybridized carbons (Fsp3) is 0.100. The van der Waals surface area contributed by atoms with Gasteiger partial charge in [-0.15, -0.1) is 11.3 Å². The largest absolute Gasteiger partial charge is 0.448 e. The van der Waals surface area contributed by atoms with E-state index in [1.165, 1.54) is 6.92 Å². The van der Waals surface area contributed by atoms with Gasteiger partial charge in [0, 0.05) is 11.3 Å². The molecule has 0 fully saturated rings. The molecule has 1 N–H and O–H groups in total. The lowest BCUT2D eigenvalue weighted by molar-refractivity contribution is -0.123. The van der Waals surface area contributed by atoms with E-state index in [0.29, 0.717) is 14.9 Å². The highest BCUT2D eigenvalue weighted by Crippen LogP contribution is 2.28. The average molecular weight is 386 g/mol. The maximum atomic E-state index is 12.5. The minimum atomic E-state index is -0.938. The zero-order valence-corrected chi connectivity index (χ0v) is 15.5. The van der Waals surface area contributed by atoms with Crippen LogP contribution < -0.4 is 5.32 Å². The number of para-hydroxylation sites is 1. The van der Waals surface area contributed by atoms with E-state index < -0.39 is 18.0 Å². The Morgan fingerprint density at radius 3 is 2.38 bits per heavy atom. The van der Waals surface area contributed by atoms with Crippen molar-refractivity contribution in [3.05, 3.63) is 75.9 Å². The first-order chi connectivity index (χ1) is 12.5. The van der Waals surface area contributed by atoms with Crippen molar-refractivity contribution < 1.29 is 14.3 Å².